The zero-order chi connectivity index (χ0) is 14.7. The van der Waals surface area contributed by atoms with Crippen molar-refractivity contribution < 1.29 is 0 Å². The molecule has 1 N–H and O–H groups in total. The van der Waals surface area contributed by atoms with E-state index in [0.717, 1.165) is 6.54 Å². The monoisotopic (exact) mass is 280 g/mol. The van der Waals surface area contributed by atoms with E-state index in [4.69, 9.17) is 0 Å². The summed E-state index contributed by atoms with van der Waals surface area (Å²) in [6.45, 7) is 0.983. The molecule has 2 nitrogen and oxygen atoms in total. The molecule has 1 aliphatic carbocycles. The van der Waals surface area contributed by atoms with Crippen molar-refractivity contribution in [1.29, 1.82) is 0 Å². The van der Waals surface area contributed by atoms with Crippen LogP contribution in [0, 0.1) is 0 Å². The number of fused-ring (bicyclic) bond motifs is 1. The minimum Gasteiger partial charge on any atom is -0.378 e. The lowest BCUT2D eigenvalue weighted by atomic mass is 9.87. The van der Waals surface area contributed by atoms with E-state index >= 15 is 0 Å². The molecule has 21 heavy (non-hydrogen) atoms. The van der Waals surface area contributed by atoms with E-state index in [1.165, 1.54) is 41.6 Å². The van der Waals surface area contributed by atoms with Crippen molar-refractivity contribution in [2.24, 2.45) is 0 Å². The van der Waals surface area contributed by atoms with Crippen molar-refractivity contribution in [3.8, 4) is 0 Å². The number of aryl methyl sites for hydroxylation is 1. The van der Waals surface area contributed by atoms with Gasteiger partial charge >= 0.3 is 0 Å². The van der Waals surface area contributed by atoms with Gasteiger partial charge in [-0.15, -0.1) is 0 Å². The molecule has 0 saturated carbocycles. The van der Waals surface area contributed by atoms with Gasteiger partial charge in [0, 0.05) is 12.2 Å². The SMILES string of the molecule is CN(C)Cc1cccc(NC2CCCc3ccccc32)c1. The Morgan fingerprint density at radius 1 is 1.10 bits per heavy atom. The van der Waals surface area contributed by atoms with Crippen LogP contribution in [0.4, 0.5) is 5.69 Å². The Morgan fingerprint density at radius 3 is 2.81 bits per heavy atom. The highest BCUT2D eigenvalue weighted by Gasteiger charge is 2.19. The molecule has 0 fully saturated rings. The maximum absolute atomic E-state index is 3.73. The van der Waals surface area contributed by atoms with Crippen molar-refractivity contribution in [2.75, 3.05) is 19.4 Å². The predicted molar refractivity (Wildman–Crippen MR) is 89.6 cm³/mol. The fourth-order valence-corrected chi connectivity index (χ4v) is 3.23. The second-order valence-corrected chi connectivity index (χ2v) is 6.23. The van der Waals surface area contributed by atoms with Crippen LogP contribution in [-0.2, 0) is 13.0 Å². The molecule has 0 saturated heterocycles. The number of hydrogen-bond donors (Lipinski definition) is 1. The molecule has 3 rings (SSSR count). The summed E-state index contributed by atoms with van der Waals surface area (Å²) < 4.78 is 0. The Labute approximate surface area is 127 Å². The van der Waals surface area contributed by atoms with Gasteiger partial charge in [-0.3, -0.25) is 0 Å². The van der Waals surface area contributed by atoms with Crippen LogP contribution >= 0.6 is 0 Å². The van der Waals surface area contributed by atoms with Crippen molar-refractivity contribution in [2.45, 2.75) is 31.8 Å². The van der Waals surface area contributed by atoms with Gasteiger partial charge in [0.2, 0.25) is 0 Å². The Balaban J connectivity index is 1.78. The van der Waals surface area contributed by atoms with E-state index in [9.17, 15) is 0 Å². The first-order chi connectivity index (χ1) is 10.2. The molecule has 1 atom stereocenters. The van der Waals surface area contributed by atoms with E-state index in [1.54, 1.807) is 0 Å². The van der Waals surface area contributed by atoms with Crippen LogP contribution in [0.5, 0.6) is 0 Å². The molecule has 0 heterocycles. The van der Waals surface area contributed by atoms with Gasteiger partial charge in [-0.05, 0) is 62.2 Å². The summed E-state index contributed by atoms with van der Waals surface area (Å²) in [5.41, 5.74) is 5.57. The van der Waals surface area contributed by atoms with Crippen LogP contribution in [0.15, 0.2) is 48.5 Å². The summed E-state index contributed by atoms with van der Waals surface area (Å²) >= 11 is 0. The molecule has 0 aromatic heterocycles. The van der Waals surface area contributed by atoms with E-state index in [1.807, 2.05) is 0 Å². The third kappa shape index (κ3) is 3.45. The number of hydrogen-bond acceptors (Lipinski definition) is 2. The van der Waals surface area contributed by atoms with Gasteiger partial charge in [-0.1, -0.05) is 36.4 Å². The van der Waals surface area contributed by atoms with Crippen molar-refractivity contribution in [3.63, 3.8) is 0 Å². The Bertz CT molecular complexity index is 604. The highest BCUT2D eigenvalue weighted by molar-refractivity contribution is 5.49. The molecule has 1 aliphatic rings. The maximum atomic E-state index is 3.73. The van der Waals surface area contributed by atoms with Gasteiger partial charge in [0.05, 0.1) is 6.04 Å². The lowest BCUT2D eigenvalue weighted by Crippen LogP contribution is -2.17. The maximum Gasteiger partial charge on any atom is 0.0516 e. The lowest BCUT2D eigenvalue weighted by molar-refractivity contribution is 0.402. The molecule has 2 aromatic carbocycles. The number of benzene rings is 2. The van der Waals surface area contributed by atoms with E-state index in [-0.39, 0.29) is 0 Å². The molecule has 0 amide bonds. The molecule has 2 aromatic rings. The lowest BCUT2D eigenvalue weighted by Gasteiger charge is -2.27. The van der Waals surface area contributed by atoms with Crippen LogP contribution in [0.1, 0.15) is 35.6 Å². The van der Waals surface area contributed by atoms with Crippen molar-refractivity contribution in [3.05, 3.63) is 65.2 Å². The number of rotatable bonds is 4. The summed E-state index contributed by atoms with van der Waals surface area (Å²) in [6.07, 6.45) is 3.70. The summed E-state index contributed by atoms with van der Waals surface area (Å²) in [7, 11) is 4.22. The molecule has 0 bridgehead atoms. The number of nitrogens with one attached hydrogen (secondary N) is 1. The van der Waals surface area contributed by atoms with Gasteiger partial charge in [-0.2, -0.15) is 0 Å². The molecular formula is C19H24N2. The third-order valence-corrected chi connectivity index (χ3v) is 4.14. The third-order valence-electron chi connectivity index (χ3n) is 4.14. The standard InChI is InChI=1S/C19H24N2/c1-21(2)14-15-7-5-10-17(13-15)20-19-12-6-9-16-8-3-4-11-18(16)19/h3-5,7-8,10-11,13,19-20H,6,9,12,14H2,1-2H3. The molecule has 1 unspecified atom stereocenters. The van der Waals surface area contributed by atoms with Gasteiger partial charge < -0.3 is 10.2 Å². The average Bonchev–Trinajstić information content (AvgIpc) is 2.47. The predicted octanol–water partition coefficient (Wildman–Crippen LogP) is 4.24. The highest BCUT2D eigenvalue weighted by Crippen LogP contribution is 2.32. The van der Waals surface area contributed by atoms with E-state index < -0.39 is 0 Å². The molecule has 0 aliphatic heterocycles. The first-order valence-electron chi connectivity index (χ1n) is 7.80. The number of anilines is 1. The summed E-state index contributed by atoms with van der Waals surface area (Å²) in [4.78, 5) is 2.20. The van der Waals surface area contributed by atoms with Crippen LogP contribution < -0.4 is 5.32 Å². The second-order valence-electron chi connectivity index (χ2n) is 6.23. The Morgan fingerprint density at radius 2 is 1.95 bits per heavy atom. The Hall–Kier alpha value is -1.80. The fraction of sp³-hybridized carbons (Fsp3) is 0.368. The van der Waals surface area contributed by atoms with E-state index in [0.29, 0.717) is 6.04 Å². The van der Waals surface area contributed by atoms with Crippen molar-refractivity contribution >= 4 is 5.69 Å². The zero-order valence-corrected chi connectivity index (χ0v) is 13.0. The van der Waals surface area contributed by atoms with Crippen molar-refractivity contribution in [1.82, 2.24) is 4.90 Å². The highest BCUT2D eigenvalue weighted by atomic mass is 15.0. The molecule has 0 radical (unpaired) electrons. The zero-order valence-electron chi connectivity index (χ0n) is 13.0. The number of nitrogens with zero attached hydrogens (tertiary/aromatic N) is 1. The largest absolute Gasteiger partial charge is 0.378 e. The first kappa shape index (κ1) is 14.2. The minimum absolute atomic E-state index is 0.449. The first-order valence-corrected chi connectivity index (χ1v) is 7.80. The van der Waals surface area contributed by atoms with Gasteiger partial charge in [0.15, 0.2) is 0 Å². The van der Waals surface area contributed by atoms with Gasteiger partial charge in [0.1, 0.15) is 0 Å². The molecular weight excluding hydrogens is 256 g/mol. The van der Waals surface area contributed by atoms with Crippen LogP contribution in [0.25, 0.3) is 0 Å². The second kappa shape index (κ2) is 6.31. The van der Waals surface area contributed by atoms with E-state index in [2.05, 4.69) is 72.8 Å². The van der Waals surface area contributed by atoms with Crippen LogP contribution in [-0.4, -0.2) is 19.0 Å². The van der Waals surface area contributed by atoms with Crippen LogP contribution in [0.2, 0.25) is 0 Å². The van der Waals surface area contributed by atoms with Gasteiger partial charge in [0.25, 0.3) is 0 Å². The van der Waals surface area contributed by atoms with Crippen LogP contribution in [0.3, 0.4) is 0 Å². The quantitative estimate of drug-likeness (QED) is 0.901. The summed E-state index contributed by atoms with van der Waals surface area (Å²) in [6, 6.07) is 18.1. The van der Waals surface area contributed by atoms with Gasteiger partial charge in [-0.25, -0.2) is 0 Å². The summed E-state index contributed by atoms with van der Waals surface area (Å²) in [5.74, 6) is 0. The Kier molecular flexibility index (Phi) is 4.26. The topological polar surface area (TPSA) is 15.3 Å². The minimum atomic E-state index is 0.449. The molecule has 0 spiro atoms. The fourth-order valence-electron chi connectivity index (χ4n) is 3.23. The molecule has 2 heteroatoms. The molecule has 110 valence electrons. The smallest absolute Gasteiger partial charge is 0.0516 e. The summed E-state index contributed by atoms with van der Waals surface area (Å²) in [5, 5.41) is 3.73. The normalized spacial score (nSPS) is 17.6. The average molecular weight is 280 g/mol.